The van der Waals surface area contributed by atoms with Crippen molar-refractivity contribution in [3.63, 3.8) is 0 Å². The van der Waals surface area contributed by atoms with E-state index in [1.54, 1.807) is 0 Å². The number of hydrogen-bond acceptors (Lipinski definition) is 4. The van der Waals surface area contributed by atoms with E-state index in [9.17, 15) is 4.79 Å². The van der Waals surface area contributed by atoms with Gasteiger partial charge in [0, 0.05) is 5.56 Å². The highest BCUT2D eigenvalue weighted by atomic mass is 16.2. The number of primary amides is 1. The second-order valence-electron chi connectivity index (χ2n) is 3.74. The van der Waals surface area contributed by atoms with Gasteiger partial charge in [0.2, 0.25) is 0 Å². The molecule has 6 nitrogen and oxygen atoms in total. The minimum absolute atomic E-state index is 0.466. The Bertz CT molecular complexity index is 556. The summed E-state index contributed by atoms with van der Waals surface area (Å²) in [6, 6.07) is 10.9. The van der Waals surface area contributed by atoms with Crippen molar-refractivity contribution in [2.75, 3.05) is 5.43 Å². The molecule has 0 saturated carbocycles. The number of aryl methyl sites for hydroxylation is 1. The number of nitrogens with one attached hydrogen (secondary N) is 2. The van der Waals surface area contributed by atoms with E-state index in [2.05, 4.69) is 21.0 Å². The van der Waals surface area contributed by atoms with Gasteiger partial charge in [-0.05, 0) is 18.6 Å². The van der Waals surface area contributed by atoms with Crippen LogP contribution in [0.3, 0.4) is 0 Å². The van der Waals surface area contributed by atoms with Gasteiger partial charge in [0.1, 0.15) is 0 Å². The van der Waals surface area contributed by atoms with Gasteiger partial charge in [-0.3, -0.25) is 10.9 Å². The summed E-state index contributed by atoms with van der Waals surface area (Å²) in [6.45, 7) is 1.87. The summed E-state index contributed by atoms with van der Waals surface area (Å²) in [5, 5.41) is 8.08. The third kappa shape index (κ3) is 2.73. The van der Waals surface area contributed by atoms with Crippen LogP contribution < -0.4 is 16.6 Å². The van der Waals surface area contributed by atoms with E-state index in [0.29, 0.717) is 5.82 Å². The van der Waals surface area contributed by atoms with Crippen LogP contribution in [-0.4, -0.2) is 16.2 Å². The fourth-order valence-corrected chi connectivity index (χ4v) is 1.48. The average molecular weight is 243 g/mol. The summed E-state index contributed by atoms with van der Waals surface area (Å²) >= 11 is 0. The van der Waals surface area contributed by atoms with Crippen LogP contribution in [0.15, 0.2) is 36.4 Å². The van der Waals surface area contributed by atoms with Crippen LogP contribution in [0.4, 0.5) is 10.6 Å². The first-order valence-corrected chi connectivity index (χ1v) is 5.38. The molecule has 0 aliphatic rings. The monoisotopic (exact) mass is 243 g/mol. The number of carbonyl (C=O) groups is 1. The molecule has 2 amide bonds. The standard InChI is InChI=1S/C12H13N5O/c1-8-7-10(9-5-3-2-4-6-9)14-15-11(8)16-17-12(13)18/h2-7H,1H3,(H,15,16)(H3,13,17,18). The van der Waals surface area contributed by atoms with Crippen molar-refractivity contribution in [2.45, 2.75) is 6.92 Å². The molecule has 4 N–H and O–H groups in total. The number of aromatic nitrogens is 2. The molecule has 92 valence electrons. The summed E-state index contributed by atoms with van der Waals surface area (Å²) in [6.07, 6.45) is 0. The molecular weight excluding hydrogens is 230 g/mol. The highest BCUT2D eigenvalue weighted by Gasteiger charge is 2.05. The highest BCUT2D eigenvalue weighted by molar-refractivity contribution is 5.73. The van der Waals surface area contributed by atoms with E-state index in [1.165, 1.54) is 0 Å². The first-order valence-electron chi connectivity index (χ1n) is 5.38. The molecule has 0 spiro atoms. The molecular formula is C12H13N5O. The molecule has 0 atom stereocenters. The van der Waals surface area contributed by atoms with Gasteiger partial charge in [0.05, 0.1) is 5.69 Å². The number of benzene rings is 1. The lowest BCUT2D eigenvalue weighted by Crippen LogP contribution is -2.34. The predicted molar refractivity (Wildman–Crippen MR) is 68.5 cm³/mol. The van der Waals surface area contributed by atoms with Crippen LogP contribution in [0.2, 0.25) is 0 Å². The number of hydrogen-bond donors (Lipinski definition) is 3. The Hall–Kier alpha value is -2.63. The maximum Gasteiger partial charge on any atom is 0.330 e. The van der Waals surface area contributed by atoms with E-state index < -0.39 is 6.03 Å². The third-order valence-electron chi connectivity index (χ3n) is 2.36. The van der Waals surface area contributed by atoms with Crippen molar-refractivity contribution in [3.8, 4) is 11.3 Å². The molecule has 2 aromatic rings. The number of anilines is 1. The fourth-order valence-electron chi connectivity index (χ4n) is 1.48. The Labute approximate surface area is 104 Å². The summed E-state index contributed by atoms with van der Waals surface area (Å²) in [7, 11) is 0. The zero-order valence-corrected chi connectivity index (χ0v) is 9.84. The molecule has 1 aromatic carbocycles. The van der Waals surface area contributed by atoms with Crippen molar-refractivity contribution >= 4 is 11.8 Å². The van der Waals surface area contributed by atoms with E-state index >= 15 is 0 Å². The number of nitrogens with two attached hydrogens (primary N) is 1. The number of nitrogens with zero attached hydrogens (tertiary/aromatic N) is 2. The van der Waals surface area contributed by atoms with Crippen molar-refractivity contribution in [1.29, 1.82) is 0 Å². The molecule has 0 fully saturated rings. The zero-order valence-electron chi connectivity index (χ0n) is 9.84. The lowest BCUT2D eigenvalue weighted by Gasteiger charge is -2.08. The van der Waals surface area contributed by atoms with Gasteiger partial charge in [0.25, 0.3) is 0 Å². The summed E-state index contributed by atoms with van der Waals surface area (Å²) < 4.78 is 0. The molecule has 6 heteroatoms. The van der Waals surface area contributed by atoms with Crippen molar-refractivity contribution in [2.24, 2.45) is 5.73 Å². The second-order valence-corrected chi connectivity index (χ2v) is 3.74. The topological polar surface area (TPSA) is 92.9 Å². The van der Waals surface area contributed by atoms with Gasteiger partial charge in [-0.15, -0.1) is 10.2 Å². The first-order chi connectivity index (χ1) is 8.66. The molecule has 1 heterocycles. The quantitative estimate of drug-likeness (QED) is 0.711. The maximum absolute atomic E-state index is 10.6. The van der Waals surface area contributed by atoms with Crippen LogP contribution in [0.5, 0.6) is 0 Å². The second kappa shape index (κ2) is 5.13. The molecule has 1 aromatic heterocycles. The Morgan fingerprint density at radius 1 is 1.22 bits per heavy atom. The predicted octanol–water partition coefficient (Wildman–Crippen LogP) is 1.45. The summed E-state index contributed by atoms with van der Waals surface area (Å²) in [5.41, 5.74) is 12.4. The lowest BCUT2D eigenvalue weighted by molar-refractivity contribution is 0.250. The van der Waals surface area contributed by atoms with Crippen molar-refractivity contribution in [3.05, 3.63) is 42.0 Å². The number of amides is 2. The summed E-state index contributed by atoms with van der Waals surface area (Å²) in [4.78, 5) is 10.6. The van der Waals surface area contributed by atoms with E-state index in [1.807, 2.05) is 43.3 Å². The Balaban J connectivity index is 2.22. The minimum Gasteiger partial charge on any atom is -0.350 e. The van der Waals surface area contributed by atoms with Gasteiger partial charge in [0.15, 0.2) is 5.82 Å². The highest BCUT2D eigenvalue weighted by Crippen LogP contribution is 2.19. The van der Waals surface area contributed by atoms with Crippen LogP contribution in [0.25, 0.3) is 11.3 Å². The third-order valence-corrected chi connectivity index (χ3v) is 2.36. The largest absolute Gasteiger partial charge is 0.350 e. The Morgan fingerprint density at radius 3 is 2.56 bits per heavy atom. The van der Waals surface area contributed by atoms with Crippen LogP contribution in [0.1, 0.15) is 5.56 Å². The average Bonchev–Trinajstić information content (AvgIpc) is 2.38. The molecule has 0 bridgehead atoms. The Morgan fingerprint density at radius 2 is 1.94 bits per heavy atom. The maximum atomic E-state index is 10.6. The van der Waals surface area contributed by atoms with Gasteiger partial charge >= 0.3 is 6.03 Å². The van der Waals surface area contributed by atoms with E-state index in [0.717, 1.165) is 16.8 Å². The molecule has 0 aliphatic heterocycles. The van der Waals surface area contributed by atoms with Crippen LogP contribution in [-0.2, 0) is 0 Å². The number of urea groups is 1. The molecule has 18 heavy (non-hydrogen) atoms. The van der Waals surface area contributed by atoms with Gasteiger partial charge < -0.3 is 5.73 Å². The lowest BCUT2D eigenvalue weighted by atomic mass is 10.1. The normalized spacial score (nSPS) is 9.83. The number of hydrazine groups is 1. The van der Waals surface area contributed by atoms with Gasteiger partial charge in [-0.25, -0.2) is 4.79 Å². The number of carbonyl (C=O) groups excluding carboxylic acids is 1. The minimum atomic E-state index is -0.677. The van der Waals surface area contributed by atoms with Crippen LogP contribution in [0, 0.1) is 6.92 Å². The molecule has 0 saturated heterocycles. The smallest absolute Gasteiger partial charge is 0.330 e. The first kappa shape index (κ1) is 11.8. The fraction of sp³-hybridized carbons (Fsp3) is 0.0833. The number of rotatable bonds is 3. The summed E-state index contributed by atoms with van der Waals surface area (Å²) in [5.74, 6) is 0.466. The molecule has 0 unspecified atom stereocenters. The van der Waals surface area contributed by atoms with Crippen LogP contribution >= 0.6 is 0 Å². The Kier molecular flexibility index (Phi) is 3.38. The van der Waals surface area contributed by atoms with E-state index in [4.69, 9.17) is 5.73 Å². The molecule has 2 rings (SSSR count). The van der Waals surface area contributed by atoms with E-state index in [-0.39, 0.29) is 0 Å². The molecule has 0 aliphatic carbocycles. The molecule has 0 radical (unpaired) electrons. The van der Waals surface area contributed by atoms with Gasteiger partial charge in [-0.2, -0.15) is 0 Å². The van der Waals surface area contributed by atoms with Crippen molar-refractivity contribution in [1.82, 2.24) is 15.6 Å². The SMILES string of the molecule is Cc1cc(-c2ccccc2)nnc1NNC(N)=O. The van der Waals surface area contributed by atoms with Gasteiger partial charge in [-0.1, -0.05) is 30.3 Å². The zero-order chi connectivity index (χ0) is 13.0. The van der Waals surface area contributed by atoms with Crippen molar-refractivity contribution < 1.29 is 4.79 Å².